The van der Waals surface area contributed by atoms with Gasteiger partial charge in [0, 0.05) is 0 Å². The average Bonchev–Trinajstić information content (AvgIpc) is 2.43. The number of allylic oxidation sites excluding steroid dienone is 1. The zero-order valence-corrected chi connectivity index (χ0v) is 12.4. The maximum absolute atomic E-state index is 11.4. The summed E-state index contributed by atoms with van der Waals surface area (Å²) < 4.78 is 5.28. The van der Waals surface area contributed by atoms with Crippen LogP contribution in [0.15, 0.2) is 24.0 Å². The van der Waals surface area contributed by atoms with Gasteiger partial charge in [-0.05, 0) is 32.6 Å². The second-order valence-corrected chi connectivity index (χ2v) is 5.44. The highest BCUT2D eigenvalue weighted by molar-refractivity contribution is 5.85. The molecule has 1 rings (SSSR count). The van der Waals surface area contributed by atoms with E-state index in [-0.39, 0.29) is 11.5 Å². The lowest BCUT2D eigenvalue weighted by Gasteiger charge is -2.31. The second kappa shape index (κ2) is 7.63. The molecule has 0 radical (unpaired) electrons. The van der Waals surface area contributed by atoms with E-state index in [1.54, 1.807) is 13.0 Å². The highest BCUT2D eigenvalue weighted by Gasteiger charge is 2.40. The number of hydrogen-bond acceptors (Lipinski definition) is 4. The molecule has 4 unspecified atom stereocenters. The van der Waals surface area contributed by atoms with Gasteiger partial charge in [-0.25, -0.2) is 4.79 Å². The van der Waals surface area contributed by atoms with Crippen molar-refractivity contribution in [3.05, 3.63) is 24.0 Å². The molecule has 0 amide bonds. The van der Waals surface area contributed by atoms with Gasteiger partial charge in [0.2, 0.25) is 0 Å². The van der Waals surface area contributed by atoms with Gasteiger partial charge in [0.15, 0.2) is 0 Å². The van der Waals surface area contributed by atoms with Crippen LogP contribution in [0.25, 0.3) is 0 Å². The Morgan fingerprint density at radius 2 is 1.91 bits per heavy atom. The zero-order chi connectivity index (χ0) is 16.9. The molecule has 0 saturated heterocycles. The maximum atomic E-state index is 11.4. The van der Waals surface area contributed by atoms with Crippen LogP contribution >= 0.6 is 0 Å². The molecule has 0 aromatic rings. The third kappa shape index (κ3) is 4.61. The molecule has 4 atom stereocenters. The Morgan fingerprint density at radius 1 is 1.27 bits per heavy atom. The molecule has 0 saturated carbocycles. The highest BCUT2D eigenvalue weighted by atomic mass is 16.5. The van der Waals surface area contributed by atoms with Crippen molar-refractivity contribution in [2.75, 3.05) is 0 Å². The summed E-state index contributed by atoms with van der Waals surface area (Å²) in [4.78, 5) is 33.2. The molecule has 0 spiro atoms. The fourth-order valence-corrected chi connectivity index (χ4v) is 2.54. The molecule has 122 valence electrons. The number of aliphatic carboxylic acids is 3. The molecule has 1 aliphatic rings. The number of carboxylic acid groups (broad SMARTS) is 3. The van der Waals surface area contributed by atoms with Crippen LogP contribution in [0.1, 0.15) is 26.7 Å². The van der Waals surface area contributed by atoms with Crippen LogP contribution in [0.2, 0.25) is 0 Å². The van der Waals surface area contributed by atoms with Crippen LogP contribution < -0.4 is 0 Å². The minimum atomic E-state index is -1.16. The number of carboxylic acids is 3. The molecule has 3 N–H and O–H groups in total. The van der Waals surface area contributed by atoms with Crippen molar-refractivity contribution in [1.29, 1.82) is 0 Å². The minimum absolute atomic E-state index is 0.0357. The molecule has 0 fully saturated rings. The lowest BCUT2D eigenvalue weighted by Crippen LogP contribution is -2.37. The monoisotopic (exact) mass is 312 g/mol. The van der Waals surface area contributed by atoms with Crippen LogP contribution in [0.4, 0.5) is 0 Å². The smallest absolute Gasteiger partial charge is 0.334 e. The van der Waals surface area contributed by atoms with Gasteiger partial charge in [0.1, 0.15) is 0 Å². The molecule has 0 aromatic heterocycles. The van der Waals surface area contributed by atoms with E-state index in [2.05, 4.69) is 0 Å². The Labute approximate surface area is 127 Å². The van der Waals surface area contributed by atoms with Crippen molar-refractivity contribution >= 4 is 17.9 Å². The van der Waals surface area contributed by atoms with Crippen molar-refractivity contribution in [3.63, 3.8) is 0 Å². The third-order valence-corrected chi connectivity index (χ3v) is 3.70. The Kier molecular flexibility index (Phi) is 6.15. The quantitative estimate of drug-likeness (QED) is 0.372. The summed E-state index contributed by atoms with van der Waals surface area (Å²) in [6.07, 6.45) is 4.58. The topological polar surface area (TPSA) is 121 Å². The molecule has 7 heteroatoms. The number of carbonyl (C=O) groups is 3. The van der Waals surface area contributed by atoms with Gasteiger partial charge in [0.25, 0.3) is 0 Å². The minimum Gasteiger partial charge on any atom is -0.498 e. The van der Waals surface area contributed by atoms with Crippen molar-refractivity contribution in [2.24, 2.45) is 17.8 Å². The summed E-state index contributed by atoms with van der Waals surface area (Å²) in [5.74, 6) is -5.85. The molecular formula is C15H20O7. The van der Waals surface area contributed by atoms with Gasteiger partial charge in [0.05, 0.1) is 29.8 Å². The lowest BCUT2D eigenvalue weighted by atomic mass is 9.73. The van der Waals surface area contributed by atoms with E-state index in [1.807, 2.05) is 0 Å². The summed E-state index contributed by atoms with van der Waals surface area (Å²) in [6.45, 7) is 3.08. The lowest BCUT2D eigenvalue weighted by molar-refractivity contribution is -0.155. The number of ether oxygens (including phenoxy) is 1. The van der Waals surface area contributed by atoms with Gasteiger partial charge < -0.3 is 20.1 Å². The molecular weight excluding hydrogens is 292 g/mol. The largest absolute Gasteiger partial charge is 0.498 e. The Balaban J connectivity index is 2.76. The predicted octanol–water partition coefficient (Wildman–Crippen LogP) is 1.75. The third-order valence-electron chi connectivity index (χ3n) is 3.70. The van der Waals surface area contributed by atoms with E-state index in [9.17, 15) is 19.5 Å². The van der Waals surface area contributed by atoms with E-state index in [4.69, 9.17) is 14.9 Å². The molecule has 7 nitrogen and oxygen atoms in total. The van der Waals surface area contributed by atoms with Crippen LogP contribution in [-0.2, 0) is 19.1 Å². The first-order valence-electron chi connectivity index (χ1n) is 6.91. The summed E-state index contributed by atoms with van der Waals surface area (Å²) >= 11 is 0. The molecule has 1 aliphatic carbocycles. The Hall–Kier alpha value is -2.31. The van der Waals surface area contributed by atoms with Gasteiger partial charge in [-0.1, -0.05) is 12.2 Å². The normalized spacial score (nSPS) is 26.3. The fourth-order valence-electron chi connectivity index (χ4n) is 2.54. The van der Waals surface area contributed by atoms with Gasteiger partial charge in [-0.3, -0.25) is 9.59 Å². The Morgan fingerprint density at radius 3 is 2.41 bits per heavy atom. The van der Waals surface area contributed by atoms with Crippen LogP contribution in [0.3, 0.4) is 0 Å². The molecule has 0 bridgehead atoms. The van der Waals surface area contributed by atoms with E-state index in [0.717, 1.165) is 6.26 Å². The van der Waals surface area contributed by atoms with Crippen LogP contribution in [-0.4, -0.2) is 39.3 Å². The van der Waals surface area contributed by atoms with Crippen molar-refractivity contribution in [2.45, 2.75) is 32.8 Å². The van der Waals surface area contributed by atoms with Gasteiger partial charge in [-0.2, -0.15) is 0 Å². The molecule has 0 aromatic carbocycles. The second-order valence-electron chi connectivity index (χ2n) is 5.44. The van der Waals surface area contributed by atoms with Crippen LogP contribution in [0.5, 0.6) is 0 Å². The Bertz CT molecular complexity index is 506. The van der Waals surface area contributed by atoms with Crippen molar-refractivity contribution in [1.82, 2.24) is 0 Å². The standard InChI is InChI=1S/C15H20O7/c1-8(13(16)17)7-22-9(2)6-10-4-3-5-11(14(18)19)12(10)15(20)21/h3,5,7,9-12H,4,6H2,1-2H3,(H,16,17)(H,18,19)(H,20,21). The predicted molar refractivity (Wildman–Crippen MR) is 76.1 cm³/mol. The van der Waals surface area contributed by atoms with Crippen molar-refractivity contribution < 1.29 is 34.4 Å². The average molecular weight is 312 g/mol. The zero-order valence-electron chi connectivity index (χ0n) is 12.4. The van der Waals surface area contributed by atoms with E-state index in [1.165, 1.54) is 13.0 Å². The first-order chi connectivity index (χ1) is 10.2. The van der Waals surface area contributed by atoms with Crippen molar-refractivity contribution in [3.8, 4) is 0 Å². The first-order valence-corrected chi connectivity index (χ1v) is 6.91. The van der Waals surface area contributed by atoms with Crippen LogP contribution in [0, 0.1) is 17.8 Å². The number of hydrogen-bond donors (Lipinski definition) is 3. The summed E-state index contributed by atoms with van der Waals surface area (Å²) in [5, 5.41) is 27.2. The molecule has 0 aliphatic heterocycles. The summed E-state index contributed by atoms with van der Waals surface area (Å²) in [7, 11) is 0. The van der Waals surface area contributed by atoms with Gasteiger partial charge >= 0.3 is 17.9 Å². The summed E-state index contributed by atoms with van der Waals surface area (Å²) in [5.41, 5.74) is 0.0357. The fraction of sp³-hybridized carbons (Fsp3) is 0.533. The summed E-state index contributed by atoms with van der Waals surface area (Å²) in [6, 6.07) is 0. The van der Waals surface area contributed by atoms with Gasteiger partial charge in [-0.15, -0.1) is 0 Å². The SMILES string of the molecule is CC(=COC(C)CC1CC=CC(C(=O)O)C1C(=O)O)C(=O)O. The van der Waals surface area contributed by atoms with E-state index in [0.29, 0.717) is 12.8 Å². The first kappa shape index (κ1) is 17.7. The molecule has 0 heterocycles. The maximum Gasteiger partial charge on any atom is 0.334 e. The number of rotatable bonds is 7. The van der Waals surface area contributed by atoms with E-state index < -0.39 is 35.8 Å². The van der Waals surface area contributed by atoms with E-state index >= 15 is 0 Å². The highest BCUT2D eigenvalue weighted by Crippen LogP contribution is 2.34. The molecule has 22 heavy (non-hydrogen) atoms.